The van der Waals surface area contributed by atoms with Crippen LogP contribution in [0.1, 0.15) is 50.1 Å². The van der Waals surface area contributed by atoms with E-state index in [0.717, 1.165) is 50.3 Å². The number of urea groups is 1. The van der Waals surface area contributed by atoms with E-state index in [2.05, 4.69) is 31.6 Å². The molecule has 4 rings (SSSR count). The van der Waals surface area contributed by atoms with Crippen LogP contribution >= 0.6 is 11.6 Å². The molecule has 1 aliphatic heterocycles. The van der Waals surface area contributed by atoms with Crippen LogP contribution in [-0.4, -0.2) is 35.1 Å². The quantitative estimate of drug-likeness (QED) is 0.765. The maximum absolute atomic E-state index is 12.8. The third-order valence-corrected chi connectivity index (χ3v) is 6.27. The van der Waals surface area contributed by atoms with Crippen LogP contribution in [0.5, 0.6) is 0 Å². The molecule has 6 nitrogen and oxygen atoms in total. The number of hydrogen-bond acceptors (Lipinski definition) is 4. The third kappa shape index (κ3) is 5.18. The molecule has 2 heterocycles. The van der Waals surface area contributed by atoms with E-state index in [4.69, 9.17) is 11.6 Å². The van der Waals surface area contributed by atoms with Crippen LogP contribution in [0.15, 0.2) is 42.7 Å². The smallest absolute Gasteiger partial charge is 0.315 e. The van der Waals surface area contributed by atoms with Gasteiger partial charge in [-0.25, -0.2) is 14.8 Å². The first-order valence-electron chi connectivity index (χ1n) is 10.5. The van der Waals surface area contributed by atoms with Crippen LogP contribution in [0, 0.1) is 5.92 Å². The molecule has 2 amide bonds. The van der Waals surface area contributed by atoms with E-state index in [-0.39, 0.29) is 18.1 Å². The highest BCUT2D eigenvalue weighted by Gasteiger charge is 2.29. The fraction of sp³-hybridized carbons (Fsp3) is 0.500. The molecule has 1 atom stereocenters. The Bertz CT molecular complexity index is 804. The molecule has 1 aliphatic carbocycles. The van der Waals surface area contributed by atoms with Gasteiger partial charge in [-0.3, -0.25) is 0 Å². The summed E-state index contributed by atoms with van der Waals surface area (Å²) in [6, 6.07) is 9.78. The second-order valence-corrected chi connectivity index (χ2v) is 8.44. The average molecular weight is 414 g/mol. The fourth-order valence-corrected chi connectivity index (χ4v) is 4.71. The zero-order valence-electron chi connectivity index (χ0n) is 16.6. The lowest BCUT2D eigenvalue weighted by Gasteiger charge is -2.33. The van der Waals surface area contributed by atoms with Gasteiger partial charge in [0, 0.05) is 36.5 Å². The normalized spacial score (nSPS) is 19.1. The maximum atomic E-state index is 12.8. The van der Waals surface area contributed by atoms with Crippen molar-refractivity contribution < 1.29 is 4.79 Å². The number of nitrogens with one attached hydrogen (secondary N) is 2. The summed E-state index contributed by atoms with van der Waals surface area (Å²) in [5.41, 5.74) is 1.09. The molecule has 154 valence electrons. The monoisotopic (exact) mass is 413 g/mol. The zero-order chi connectivity index (χ0) is 20.1. The molecule has 0 radical (unpaired) electrons. The first-order valence-corrected chi connectivity index (χ1v) is 10.9. The molecule has 1 saturated heterocycles. The molecule has 1 aromatic carbocycles. The summed E-state index contributed by atoms with van der Waals surface area (Å²) < 4.78 is 0. The number of nitrogens with zero attached hydrogens (tertiary/aromatic N) is 3. The van der Waals surface area contributed by atoms with Gasteiger partial charge >= 0.3 is 6.03 Å². The van der Waals surface area contributed by atoms with Crippen molar-refractivity contribution in [2.24, 2.45) is 5.92 Å². The summed E-state index contributed by atoms with van der Waals surface area (Å²) in [7, 11) is 0. The Morgan fingerprint density at radius 1 is 1.07 bits per heavy atom. The van der Waals surface area contributed by atoms with Gasteiger partial charge in [-0.15, -0.1) is 0 Å². The van der Waals surface area contributed by atoms with Crippen LogP contribution in [0.2, 0.25) is 5.02 Å². The number of anilines is 1. The molecule has 29 heavy (non-hydrogen) atoms. The number of carbonyl (C=O) groups excluding carboxylic acids is 1. The molecular weight excluding hydrogens is 386 g/mol. The summed E-state index contributed by atoms with van der Waals surface area (Å²) in [5.74, 6) is 1.23. The van der Waals surface area contributed by atoms with Gasteiger partial charge in [0.05, 0.1) is 6.04 Å². The summed E-state index contributed by atoms with van der Waals surface area (Å²) in [4.78, 5) is 23.6. The number of rotatable bonds is 5. The van der Waals surface area contributed by atoms with E-state index in [1.807, 2.05) is 24.3 Å². The minimum absolute atomic E-state index is 0.00834. The third-order valence-electron chi connectivity index (χ3n) is 6.03. The zero-order valence-corrected chi connectivity index (χ0v) is 17.3. The number of halogens is 1. The summed E-state index contributed by atoms with van der Waals surface area (Å²) in [5, 5.41) is 7.14. The molecule has 0 bridgehead atoms. The first kappa shape index (κ1) is 20.0. The second-order valence-electron chi connectivity index (χ2n) is 8.01. The Morgan fingerprint density at radius 2 is 1.79 bits per heavy atom. The van der Waals surface area contributed by atoms with Gasteiger partial charge in [0.1, 0.15) is 0 Å². The summed E-state index contributed by atoms with van der Waals surface area (Å²) in [6.07, 6.45) is 10.0. The van der Waals surface area contributed by atoms with Crippen molar-refractivity contribution in [3.63, 3.8) is 0 Å². The number of amides is 2. The highest BCUT2D eigenvalue weighted by molar-refractivity contribution is 6.30. The molecule has 7 heteroatoms. The molecule has 2 fully saturated rings. The van der Waals surface area contributed by atoms with E-state index >= 15 is 0 Å². The van der Waals surface area contributed by atoms with Crippen LogP contribution in [0.25, 0.3) is 0 Å². The highest BCUT2D eigenvalue weighted by atomic mass is 35.5. The Labute approximate surface area is 177 Å². The molecule has 0 spiro atoms. The van der Waals surface area contributed by atoms with Crippen molar-refractivity contribution in [1.82, 2.24) is 20.6 Å². The van der Waals surface area contributed by atoms with E-state index in [1.165, 1.54) is 12.8 Å². The average Bonchev–Trinajstić information content (AvgIpc) is 3.28. The molecule has 1 saturated carbocycles. The van der Waals surface area contributed by atoms with E-state index in [9.17, 15) is 4.79 Å². The van der Waals surface area contributed by atoms with Gasteiger partial charge in [0.25, 0.3) is 0 Å². The first-order chi connectivity index (χ1) is 14.2. The summed E-state index contributed by atoms with van der Waals surface area (Å²) >= 11 is 6.21. The van der Waals surface area contributed by atoms with Crippen molar-refractivity contribution in [1.29, 1.82) is 0 Å². The lowest BCUT2D eigenvalue weighted by molar-refractivity contribution is 0.224. The van der Waals surface area contributed by atoms with E-state index in [1.54, 1.807) is 12.4 Å². The maximum Gasteiger partial charge on any atom is 0.315 e. The van der Waals surface area contributed by atoms with Gasteiger partial charge in [-0.1, -0.05) is 36.6 Å². The van der Waals surface area contributed by atoms with Crippen LogP contribution < -0.4 is 15.5 Å². The molecule has 1 aromatic heterocycles. The molecular formula is C22H28ClN5O. The van der Waals surface area contributed by atoms with Crippen molar-refractivity contribution in [3.05, 3.63) is 53.3 Å². The Hall–Kier alpha value is -2.34. The van der Waals surface area contributed by atoms with Gasteiger partial charge in [0.15, 0.2) is 0 Å². The number of piperidine rings is 1. The topological polar surface area (TPSA) is 70.2 Å². The van der Waals surface area contributed by atoms with Crippen molar-refractivity contribution in [2.45, 2.75) is 50.6 Å². The van der Waals surface area contributed by atoms with Crippen LogP contribution in [-0.2, 0) is 0 Å². The van der Waals surface area contributed by atoms with E-state index in [0.29, 0.717) is 10.9 Å². The van der Waals surface area contributed by atoms with Crippen LogP contribution in [0.3, 0.4) is 0 Å². The van der Waals surface area contributed by atoms with Gasteiger partial charge in [-0.2, -0.15) is 0 Å². The van der Waals surface area contributed by atoms with Gasteiger partial charge < -0.3 is 15.5 Å². The lowest BCUT2D eigenvalue weighted by Crippen LogP contribution is -2.49. The molecule has 2 N–H and O–H groups in total. The fourth-order valence-electron chi connectivity index (χ4n) is 4.51. The van der Waals surface area contributed by atoms with Gasteiger partial charge in [-0.05, 0) is 55.4 Å². The predicted molar refractivity (Wildman–Crippen MR) is 115 cm³/mol. The highest BCUT2D eigenvalue weighted by Crippen LogP contribution is 2.36. The largest absolute Gasteiger partial charge is 0.341 e. The Kier molecular flexibility index (Phi) is 6.49. The SMILES string of the molecule is O=C(NC1CCN(c2ncccn2)CC1)N[C@H](c1cccc(Cl)c1)C1CCCC1. The minimum atomic E-state index is -0.0868. The van der Waals surface area contributed by atoms with Crippen molar-refractivity contribution in [2.75, 3.05) is 18.0 Å². The number of aromatic nitrogens is 2. The lowest BCUT2D eigenvalue weighted by atomic mass is 9.91. The van der Waals surface area contributed by atoms with Crippen LogP contribution in [0.4, 0.5) is 10.7 Å². The molecule has 0 unspecified atom stereocenters. The van der Waals surface area contributed by atoms with Crippen molar-refractivity contribution >= 4 is 23.6 Å². The minimum Gasteiger partial charge on any atom is -0.341 e. The van der Waals surface area contributed by atoms with Gasteiger partial charge in [0.2, 0.25) is 5.95 Å². The Balaban J connectivity index is 1.34. The standard InChI is InChI=1S/C22H28ClN5O/c23-18-8-3-7-17(15-18)20(16-5-1-2-6-16)27-22(29)26-19-9-13-28(14-10-19)21-24-11-4-12-25-21/h3-4,7-8,11-12,15-16,19-20H,1-2,5-6,9-10,13-14H2,(H2,26,27,29)/t20-/m0/s1. The second kappa shape index (κ2) is 9.44. The Morgan fingerprint density at radius 3 is 2.48 bits per heavy atom. The predicted octanol–water partition coefficient (Wildman–Crippen LogP) is 4.33. The number of hydrogen-bond donors (Lipinski definition) is 2. The number of benzene rings is 1. The number of carbonyl (C=O) groups is 1. The molecule has 2 aromatic rings. The van der Waals surface area contributed by atoms with E-state index < -0.39 is 0 Å². The van der Waals surface area contributed by atoms with Crippen molar-refractivity contribution in [3.8, 4) is 0 Å². The summed E-state index contributed by atoms with van der Waals surface area (Å²) in [6.45, 7) is 1.69. The molecule has 2 aliphatic rings.